The predicted octanol–water partition coefficient (Wildman–Crippen LogP) is 3.43. The molecular formula is C17H19N3O. The van der Waals surface area contributed by atoms with E-state index in [-0.39, 0.29) is 0 Å². The first-order chi connectivity index (χ1) is 10.3. The summed E-state index contributed by atoms with van der Waals surface area (Å²) in [4.78, 5) is 6.80. The van der Waals surface area contributed by atoms with Gasteiger partial charge in [0.1, 0.15) is 5.52 Å². The summed E-state index contributed by atoms with van der Waals surface area (Å²) in [6.07, 6.45) is 0. The minimum atomic E-state index is 0.661. The molecule has 3 rings (SSSR count). The van der Waals surface area contributed by atoms with E-state index in [0.29, 0.717) is 18.1 Å². The Kier molecular flexibility index (Phi) is 3.88. The molecule has 4 nitrogen and oxygen atoms in total. The number of nitrogens with two attached hydrogens (primary N) is 1. The number of hydrogen-bond acceptors (Lipinski definition) is 4. The first-order valence-corrected chi connectivity index (χ1v) is 7.16. The van der Waals surface area contributed by atoms with Gasteiger partial charge in [0.25, 0.3) is 0 Å². The number of para-hydroxylation sites is 1. The number of nitrogen functional groups attached to an aromatic ring is 1. The van der Waals surface area contributed by atoms with Crippen molar-refractivity contribution in [2.45, 2.75) is 20.0 Å². The Bertz CT molecular complexity index is 721. The van der Waals surface area contributed by atoms with Crippen LogP contribution >= 0.6 is 0 Å². The average molecular weight is 281 g/mol. The van der Waals surface area contributed by atoms with Gasteiger partial charge in [0, 0.05) is 6.54 Å². The molecule has 108 valence electrons. The minimum Gasteiger partial charge on any atom is -0.439 e. The second kappa shape index (κ2) is 5.97. The van der Waals surface area contributed by atoms with Crippen LogP contribution in [0.5, 0.6) is 0 Å². The van der Waals surface area contributed by atoms with E-state index < -0.39 is 0 Å². The summed E-state index contributed by atoms with van der Waals surface area (Å²) in [5.74, 6) is 0.709. The van der Waals surface area contributed by atoms with Crippen molar-refractivity contribution < 1.29 is 4.42 Å². The third kappa shape index (κ3) is 3.06. The molecule has 0 aliphatic carbocycles. The van der Waals surface area contributed by atoms with Crippen molar-refractivity contribution in [2.24, 2.45) is 0 Å². The van der Waals surface area contributed by atoms with E-state index >= 15 is 0 Å². The predicted molar refractivity (Wildman–Crippen MR) is 84.7 cm³/mol. The summed E-state index contributed by atoms with van der Waals surface area (Å²) < 4.78 is 5.79. The van der Waals surface area contributed by atoms with E-state index in [0.717, 1.165) is 24.2 Å². The monoisotopic (exact) mass is 281 g/mol. The van der Waals surface area contributed by atoms with Crippen LogP contribution in [0.25, 0.3) is 11.1 Å². The fourth-order valence-electron chi connectivity index (χ4n) is 2.40. The van der Waals surface area contributed by atoms with Crippen LogP contribution in [0, 0.1) is 0 Å². The van der Waals surface area contributed by atoms with Crippen LogP contribution < -0.4 is 5.73 Å². The normalized spacial score (nSPS) is 11.3. The van der Waals surface area contributed by atoms with Gasteiger partial charge in [-0.2, -0.15) is 0 Å². The lowest BCUT2D eigenvalue weighted by Crippen LogP contribution is -2.22. The highest BCUT2D eigenvalue weighted by atomic mass is 16.3. The summed E-state index contributed by atoms with van der Waals surface area (Å²) in [7, 11) is 0. The third-order valence-electron chi connectivity index (χ3n) is 3.55. The third-order valence-corrected chi connectivity index (χ3v) is 3.55. The highest BCUT2D eigenvalue weighted by molar-refractivity contribution is 5.85. The fraction of sp³-hybridized carbons (Fsp3) is 0.235. The molecule has 0 saturated carbocycles. The van der Waals surface area contributed by atoms with Crippen LogP contribution in [0.15, 0.2) is 52.9 Å². The zero-order chi connectivity index (χ0) is 14.7. The first kappa shape index (κ1) is 13.6. The van der Waals surface area contributed by atoms with Crippen molar-refractivity contribution in [1.29, 1.82) is 0 Å². The number of anilines is 1. The molecule has 3 aromatic rings. The summed E-state index contributed by atoms with van der Waals surface area (Å²) in [6, 6.07) is 16.0. The van der Waals surface area contributed by atoms with Gasteiger partial charge in [0.15, 0.2) is 5.58 Å². The van der Waals surface area contributed by atoms with E-state index in [1.807, 2.05) is 24.3 Å². The van der Waals surface area contributed by atoms with Crippen molar-refractivity contribution in [1.82, 2.24) is 9.88 Å². The van der Waals surface area contributed by atoms with Crippen LogP contribution in [0.2, 0.25) is 0 Å². The molecule has 21 heavy (non-hydrogen) atoms. The molecule has 0 spiro atoms. The number of rotatable bonds is 5. The maximum Gasteiger partial charge on any atom is 0.209 e. The van der Waals surface area contributed by atoms with Crippen molar-refractivity contribution >= 4 is 16.8 Å². The molecule has 0 bridgehead atoms. The molecule has 0 radical (unpaired) electrons. The van der Waals surface area contributed by atoms with Crippen LogP contribution in [0.3, 0.4) is 0 Å². The molecule has 4 heteroatoms. The Balaban J connectivity index is 1.77. The largest absolute Gasteiger partial charge is 0.439 e. The van der Waals surface area contributed by atoms with Crippen LogP contribution in [-0.4, -0.2) is 16.4 Å². The molecule has 0 saturated heterocycles. The van der Waals surface area contributed by atoms with E-state index in [2.05, 4.69) is 41.1 Å². The average Bonchev–Trinajstić information content (AvgIpc) is 2.92. The van der Waals surface area contributed by atoms with Gasteiger partial charge in [0.05, 0.1) is 12.2 Å². The van der Waals surface area contributed by atoms with Crippen molar-refractivity contribution in [2.75, 3.05) is 12.3 Å². The highest BCUT2D eigenvalue weighted by Gasteiger charge is 2.12. The molecule has 0 unspecified atom stereocenters. The van der Waals surface area contributed by atoms with Crippen molar-refractivity contribution in [3.63, 3.8) is 0 Å². The summed E-state index contributed by atoms with van der Waals surface area (Å²) in [5.41, 5.74) is 9.37. The van der Waals surface area contributed by atoms with Crippen LogP contribution in [-0.2, 0) is 13.1 Å². The Morgan fingerprint density at radius 2 is 1.86 bits per heavy atom. The standard InChI is InChI=1S/C17H19N3O/c1-2-20(11-13-7-4-3-5-8-13)12-16-19-17-14(18)9-6-10-15(17)21-16/h3-10H,2,11-12,18H2,1H3. The van der Waals surface area contributed by atoms with E-state index in [1.54, 1.807) is 0 Å². The zero-order valence-corrected chi connectivity index (χ0v) is 12.1. The van der Waals surface area contributed by atoms with Crippen molar-refractivity contribution in [3.8, 4) is 0 Å². The highest BCUT2D eigenvalue weighted by Crippen LogP contribution is 2.22. The summed E-state index contributed by atoms with van der Waals surface area (Å²) in [5, 5.41) is 0. The zero-order valence-electron chi connectivity index (χ0n) is 12.1. The molecule has 2 aromatic carbocycles. The molecule has 2 N–H and O–H groups in total. The molecular weight excluding hydrogens is 262 g/mol. The van der Waals surface area contributed by atoms with Crippen LogP contribution in [0.1, 0.15) is 18.4 Å². The Hall–Kier alpha value is -2.33. The number of fused-ring (bicyclic) bond motifs is 1. The smallest absolute Gasteiger partial charge is 0.209 e. The molecule has 0 fully saturated rings. The Morgan fingerprint density at radius 3 is 2.57 bits per heavy atom. The lowest BCUT2D eigenvalue weighted by Gasteiger charge is -2.18. The molecule has 0 amide bonds. The molecule has 1 heterocycles. The first-order valence-electron chi connectivity index (χ1n) is 7.16. The summed E-state index contributed by atoms with van der Waals surface area (Å²) in [6.45, 7) is 4.63. The van der Waals surface area contributed by atoms with Gasteiger partial charge in [-0.05, 0) is 24.2 Å². The Morgan fingerprint density at radius 1 is 1.05 bits per heavy atom. The maximum atomic E-state index is 5.92. The van der Waals surface area contributed by atoms with E-state index in [1.165, 1.54) is 5.56 Å². The number of hydrogen-bond donors (Lipinski definition) is 1. The SMILES string of the molecule is CCN(Cc1ccccc1)Cc1nc2c(N)cccc2o1. The van der Waals surface area contributed by atoms with Gasteiger partial charge in [-0.25, -0.2) is 4.98 Å². The lowest BCUT2D eigenvalue weighted by molar-refractivity contribution is 0.245. The summed E-state index contributed by atoms with van der Waals surface area (Å²) >= 11 is 0. The van der Waals surface area contributed by atoms with Crippen LogP contribution in [0.4, 0.5) is 5.69 Å². The Labute approximate surface area is 124 Å². The number of oxazole rings is 1. The number of aromatic nitrogens is 1. The quantitative estimate of drug-likeness (QED) is 0.728. The molecule has 0 aliphatic heterocycles. The second-order valence-electron chi connectivity index (χ2n) is 5.09. The minimum absolute atomic E-state index is 0.661. The molecule has 0 aliphatic rings. The topological polar surface area (TPSA) is 55.3 Å². The van der Waals surface area contributed by atoms with Gasteiger partial charge >= 0.3 is 0 Å². The molecule has 1 aromatic heterocycles. The van der Waals surface area contributed by atoms with E-state index in [4.69, 9.17) is 10.2 Å². The molecule has 0 atom stereocenters. The van der Waals surface area contributed by atoms with Gasteiger partial charge in [-0.1, -0.05) is 43.3 Å². The van der Waals surface area contributed by atoms with Gasteiger partial charge in [-0.3, -0.25) is 4.90 Å². The van der Waals surface area contributed by atoms with E-state index in [9.17, 15) is 0 Å². The maximum absolute atomic E-state index is 5.92. The van der Waals surface area contributed by atoms with Gasteiger partial charge in [0.2, 0.25) is 5.89 Å². The number of nitrogens with zero attached hydrogens (tertiary/aromatic N) is 2. The van der Waals surface area contributed by atoms with Gasteiger partial charge in [-0.15, -0.1) is 0 Å². The van der Waals surface area contributed by atoms with Gasteiger partial charge < -0.3 is 10.2 Å². The lowest BCUT2D eigenvalue weighted by atomic mass is 10.2. The van der Waals surface area contributed by atoms with Crippen molar-refractivity contribution in [3.05, 3.63) is 60.0 Å². The number of benzene rings is 2. The second-order valence-corrected chi connectivity index (χ2v) is 5.09. The fourth-order valence-corrected chi connectivity index (χ4v) is 2.40.